The topological polar surface area (TPSA) is 20.2 Å². The molecule has 1 unspecified atom stereocenters. The molecule has 48 valence electrons. The molecule has 1 atom stereocenters. The highest BCUT2D eigenvalue weighted by Gasteiger charge is 2.00. The van der Waals surface area contributed by atoms with Crippen molar-refractivity contribution in [3.63, 3.8) is 0 Å². The zero-order valence-corrected chi connectivity index (χ0v) is 5.78. The molecule has 0 aliphatic carbocycles. The van der Waals surface area contributed by atoms with Crippen LogP contribution in [0.15, 0.2) is 12.2 Å². The summed E-state index contributed by atoms with van der Waals surface area (Å²) in [5, 5.41) is 8.62. The lowest BCUT2D eigenvalue weighted by Gasteiger charge is -2.02. The van der Waals surface area contributed by atoms with Crippen LogP contribution in [-0.2, 0) is 0 Å². The predicted molar refractivity (Wildman–Crippen MR) is 35.9 cm³/mol. The summed E-state index contributed by atoms with van der Waals surface area (Å²) in [6.45, 7) is 5.58. The zero-order chi connectivity index (χ0) is 6.57. The summed E-state index contributed by atoms with van der Waals surface area (Å²) in [7, 11) is 0. The second-order valence-electron chi connectivity index (χ2n) is 1.74. The van der Waals surface area contributed by atoms with Crippen LogP contribution in [0, 0.1) is 0 Å². The minimum absolute atomic E-state index is 0.703. The fourth-order valence-electron chi connectivity index (χ4n) is 0.440. The SMILES string of the molecule is C=C(CCC)C(O)Cl. The molecule has 1 nitrogen and oxygen atoms in total. The van der Waals surface area contributed by atoms with Crippen LogP contribution in [0.2, 0.25) is 0 Å². The van der Waals surface area contributed by atoms with Gasteiger partial charge in [-0.1, -0.05) is 31.5 Å². The van der Waals surface area contributed by atoms with E-state index in [1.807, 2.05) is 6.92 Å². The lowest BCUT2D eigenvalue weighted by molar-refractivity contribution is 0.287. The molecule has 2 heteroatoms. The summed E-state index contributed by atoms with van der Waals surface area (Å²) >= 11 is 5.26. The van der Waals surface area contributed by atoms with Crippen molar-refractivity contribution in [2.24, 2.45) is 0 Å². The second kappa shape index (κ2) is 3.93. The van der Waals surface area contributed by atoms with Crippen molar-refractivity contribution in [1.29, 1.82) is 0 Å². The van der Waals surface area contributed by atoms with Crippen LogP contribution in [0.25, 0.3) is 0 Å². The van der Waals surface area contributed by atoms with Crippen LogP contribution in [0.1, 0.15) is 19.8 Å². The maximum atomic E-state index is 8.62. The summed E-state index contributed by atoms with van der Waals surface area (Å²) < 4.78 is 0. The molecule has 0 spiro atoms. The Morgan fingerprint density at radius 2 is 2.38 bits per heavy atom. The van der Waals surface area contributed by atoms with Crippen LogP contribution in [0.4, 0.5) is 0 Å². The van der Waals surface area contributed by atoms with Gasteiger partial charge in [-0.05, 0) is 12.0 Å². The Balaban J connectivity index is 3.33. The predicted octanol–water partition coefficient (Wildman–Crippen LogP) is 1.90. The lowest BCUT2D eigenvalue weighted by Crippen LogP contribution is -1.98. The summed E-state index contributed by atoms with van der Waals surface area (Å²) in [5.74, 6) is 0. The van der Waals surface area contributed by atoms with Gasteiger partial charge in [0.25, 0.3) is 0 Å². The van der Waals surface area contributed by atoms with Crippen molar-refractivity contribution in [2.75, 3.05) is 0 Å². The molecule has 0 aromatic carbocycles. The molecule has 0 aliphatic rings. The van der Waals surface area contributed by atoms with Crippen molar-refractivity contribution in [1.82, 2.24) is 0 Å². The highest BCUT2D eigenvalue weighted by Crippen LogP contribution is 2.09. The van der Waals surface area contributed by atoms with E-state index in [0.29, 0.717) is 5.57 Å². The van der Waals surface area contributed by atoms with Gasteiger partial charge in [-0.2, -0.15) is 0 Å². The van der Waals surface area contributed by atoms with Gasteiger partial charge in [0.1, 0.15) is 5.56 Å². The smallest absolute Gasteiger partial charge is 0.149 e. The van der Waals surface area contributed by atoms with Crippen LogP contribution in [-0.4, -0.2) is 10.7 Å². The van der Waals surface area contributed by atoms with Crippen molar-refractivity contribution < 1.29 is 5.11 Å². The van der Waals surface area contributed by atoms with E-state index in [0.717, 1.165) is 12.8 Å². The van der Waals surface area contributed by atoms with E-state index in [4.69, 9.17) is 16.7 Å². The van der Waals surface area contributed by atoms with Crippen LogP contribution in [0.5, 0.6) is 0 Å². The Kier molecular flexibility index (Phi) is 3.92. The molecule has 0 amide bonds. The molecule has 8 heavy (non-hydrogen) atoms. The van der Waals surface area contributed by atoms with E-state index in [1.165, 1.54) is 0 Å². The number of aliphatic hydroxyl groups is 1. The third-order valence-corrected chi connectivity index (χ3v) is 1.22. The second-order valence-corrected chi connectivity index (χ2v) is 2.16. The normalized spacial score (nSPS) is 13.4. The first kappa shape index (κ1) is 7.99. The first-order valence-electron chi connectivity index (χ1n) is 2.68. The number of aliphatic hydroxyl groups excluding tert-OH is 1. The number of alkyl halides is 1. The van der Waals surface area contributed by atoms with Crippen molar-refractivity contribution >= 4 is 11.6 Å². The van der Waals surface area contributed by atoms with E-state index in [-0.39, 0.29) is 0 Å². The van der Waals surface area contributed by atoms with E-state index < -0.39 is 5.56 Å². The molecule has 0 aromatic heterocycles. The van der Waals surface area contributed by atoms with E-state index in [9.17, 15) is 0 Å². The molecule has 0 saturated heterocycles. The minimum Gasteiger partial charge on any atom is -0.374 e. The molecule has 1 N–H and O–H groups in total. The summed E-state index contributed by atoms with van der Waals surface area (Å²) in [6, 6.07) is 0. The monoisotopic (exact) mass is 134 g/mol. The van der Waals surface area contributed by atoms with Crippen LogP contribution in [0.3, 0.4) is 0 Å². The van der Waals surface area contributed by atoms with Gasteiger partial charge >= 0.3 is 0 Å². The Morgan fingerprint density at radius 1 is 1.88 bits per heavy atom. The van der Waals surface area contributed by atoms with Gasteiger partial charge in [-0.3, -0.25) is 0 Å². The largest absolute Gasteiger partial charge is 0.374 e. The number of rotatable bonds is 3. The fourth-order valence-corrected chi connectivity index (χ4v) is 0.549. The Hall–Kier alpha value is -0.0100. The zero-order valence-electron chi connectivity index (χ0n) is 5.02. The van der Waals surface area contributed by atoms with Gasteiger partial charge in [-0.15, -0.1) is 0 Å². The van der Waals surface area contributed by atoms with Crippen molar-refractivity contribution in [2.45, 2.75) is 25.3 Å². The van der Waals surface area contributed by atoms with Gasteiger partial charge in [-0.25, -0.2) is 0 Å². The number of hydrogen-bond donors (Lipinski definition) is 1. The Morgan fingerprint density at radius 3 is 2.50 bits per heavy atom. The molecule has 0 fully saturated rings. The standard InChI is InChI=1S/C6H11ClO/c1-3-4-5(2)6(7)8/h6,8H,2-4H2,1H3. The molecule has 0 aliphatic heterocycles. The van der Waals surface area contributed by atoms with E-state index in [2.05, 4.69) is 6.58 Å². The van der Waals surface area contributed by atoms with Crippen molar-refractivity contribution in [3.05, 3.63) is 12.2 Å². The van der Waals surface area contributed by atoms with Gasteiger partial charge in [0.2, 0.25) is 0 Å². The quantitative estimate of drug-likeness (QED) is 0.462. The highest BCUT2D eigenvalue weighted by molar-refractivity contribution is 6.21. The lowest BCUT2D eigenvalue weighted by atomic mass is 10.2. The van der Waals surface area contributed by atoms with Gasteiger partial charge in [0.15, 0.2) is 0 Å². The van der Waals surface area contributed by atoms with Crippen LogP contribution < -0.4 is 0 Å². The first-order chi connectivity index (χ1) is 3.68. The maximum absolute atomic E-state index is 8.62. The molecule has 0 saturated carbocycles. The van der Waals surface area contributed by atoms with Gasteiger partial charge in [0, 0.05) is 0 Å². The molecular weight excluding hydrogens is 124 g/mol. The average Bonchev–Trinajstić information content (AvgIpc) is 1.67. The molecular formula is C6H11ClO. The Labute approximate surface area is 55.0 Å². The summed E-state index contributed by atoms with van der Waals surface area (Å²) in [6.07, 6.45) is 1.80. The number of hydrogen-bond acceptors (Lipinski definition) is 1. The molecule has 0 bridgehead atoms. The van der Waals surface area contributed by atoms with E-state index >= 15 is 0 Å². The molecule has 0 heterocycles. The summed E-state index contributed by atoms with van der Waals surface area (Å²) in [4.78, 5) is 0. The Bertz CT molecular complexity index is 78.6. The van der Waals surface area contributed by atoms with Gasteiger partial charge in [0.05, 0.1) is 0 Å². The summed E-state index contributed by atoms with van der Waals surface area (Å²) in [5.41, 5.74) is -0.149. The van der Waals surface area contributed by atoms with E-state index in [1.54, 1.807) is 0 Å². The minimum atomic E-state index is -0.852. The third kappa shape index (κ3) is 3.05. The van der Waals surface area contributed by atoms with Gasteiger partial charge < -0.3 is 5.11 Å². The van der Waals surface area contributed by atoms with Crippen LogP contribution >= 0.6 is 11.6 Å². The third-order valence-electron chi connectivity index (χ3n) is 0.908. The van der Waals surface area contributed by atoms with Crippen molar-refractivity contribution in [3.8, 4) is 0 Å². The molecule has 0 aromatic rings. The number of halogens is 1. The molecule has 0 radical (unpaired) electrons. The average molecular weight is 135 g/mol. The first-order valence-corrected chi connectivity index (χ1v) is 3.12. The molecule has 0 rings (SSSR count). The maximum Gasteiger partial charge on any atom is 0.149 e. The fraction of sp³-hybridized carbons (Fsp3) is 0.667. The highest BCUT2D eigenvalue weighted by atomic mass is 35.5.